The monoisotopic (exact) mass is 656 g/mol. The van der Waals surface area contributed by atoms with Crippen LogP contribution in [0.4, 0.5) is 13.2 Å². The van der Waals surface area contributed by atoms with Gasteiger partial charge in [0.1, 0.15) is 30.1 Å². The van der Waals surface area contributed by atoms with E-state index in [1.165, 1.54) is 16.5 Å². The molecule has 1 fully saturated rings. The van der Waals surface area contributed by atoms with Gasteiger partial charge in [0.15, 0.2) is 5.78 Å². The van der Waals surface area contributed by atoms with Gasteiger partial charge < -0.3 is 10.2 Å². The molecule has 0 spiro atoms. The third kappa shape index (κ3) is 6.07. The van der Waals surface area contributed by atoms with E-state index in [1.54, 1.807) is 25.4 Å². The molecule has 1 aliphatic heterocycles. The van der Waals surface area contributed by atoms with Gasteiger partial charge in [-0.3, -0.25) is 19.1 Å². The van der Waals surface area contributed by atoms with Gasteiger partial charge in [0.25, 0.3) is 0 Å². The molecule has 3 heterocycles. The number of amides is 2. The number of benzene rings is 1. The molecule has 0 bridgehead atoms. The van der Waals surface area contributed by atoms with Crippen molar-refractivity contribution in [1.29, 1.82) is 0 Å². The van der Waals surface area contributed by atoms with E-state index in [1.807, 2.05) is 25.2 Å². The number of likely N-dealkylation sites (tertiary alicyclic amines) is 1. The zero-order valence-electron chi connectivity index (χ0n) is 22.1. The number of carbonyl (C=O) groups is 3. The zero-order valence-corrected chi connectivity index (χ0v) is 24.2. The Hall–Kier alpha value is -3.10. The van der Waals surface area contributed by atoms with Crippen molar-refractivity contribution in [3.8, 4) is 11.1 Å². The number of ketones is 1. The lowest BCUT2D eigenvalue weighted by atomic mass is 10.0. The van der Waals surface area contributed by atoms with Gasteiger partial charge >= 0.3 is 6.18 Å². The fourth-order valence-electron chi connectivity index (χ4n) is 4.76. The van der Waals surface area contributed by atoms with Crippen molar-refractivity contribution >= 4 is 51.1 Å². The van der Waals surface area contributed by atoms with Gasteiger partial charge in [-0.25, -0.2) is 9.97 Å². The molecule has 1 N–H and O–H groups in total. The number of carbonyl (C=O) groups excluding carboxylic acids is 3. The van der Waals surface area contributed by atoms with Crippen LogP contribution in [0.25, 0.3) is 22.0 Å². The second-order valence-electron chi connectivity index (χ2n) is 10.2. The second kappa shape index (κ2) is 10.5. The highest BCUT2D eigenvalue weighted by Crippen LogP contribution is 2.36. The number of halogens is 4. The first-order valence-corrected chi connectivity index (χ1v) is 13.3. The Morgan fingerprint density at radius 1 is 1.18 bits per heavy atom. The molecule has 2 aromatic heterocycles. The molecule has 0 radical (unpaired) electrons. The Labute approximate surface area is 236 Å². The minimum Gasteiger partial charge on any atom is -0.343 e. The van der Waals surface area contributed by atoms with Crippen LogP contribution in [-0.4, -0.2) is 70.5 Å². The van der Waals surface area contributed by atoms with E-state index in [2.05, 4.69) is 37.7 Å². The highest BCUT2D eigenvalue weighted by atomic mass is 127. The maximum atomic E-state index is 13.5. The fraction of sp³-hybridized carbons (Fsp3) is 0.462. The molecular weight excluding hydrogens is 628 g/mol. The van der Waals surface area contributed by atoms with Crippen molar-refractivity contribution in [3.63, 3.8) is 0 Å². The first kappa shape index (κ1) is 28.9. The lowest BCUT2D eigenvalue weighted by molar-refractivity contribution is -0.160. The molecule has 2 amide bonds. The third-order valence-corrected chi connectivity index (χ3v) is 7.52. The SMILES string of the molecule is CC(=O)c1nn(CC(=O)N2C[C@](C)(I)C[C@H]2C(=O)N[C@@H](C)C(F)(F)F)c2c(C)cc(-c3cnc(C)nc3)cc12. The number of Topliss-reactive ketones (excluding diaryl/α,β-unsaturated/α-hetero) is 1. The quantitative estimate of drug-likeness (QED) is 0.243. The average Bonchev–Trinajstić information content (AvgIpc) is 3.36. The number of hydrogen-bond donors (Lipinski definition) is 1. The molecule has 9 nitrogen and oxygen atoms in total. The Morgan fingerprint density at radius 3 is 2.41 bits per heavy atom. The van der Waals surface area contributed by atoms with E-state index in [4.69, 9.17) is 0 Å². The summed E-state index contributed by atoms with van der Waals surface area (Å²) >= 11 is 2.11. The molecule has 0 saturated carbocycles. The van der Waals surface area contributed by atoms with Crippen LogP contribution in [0.2, 0.25) is 0 Å². The van der Waals surface area contributed by atoms with Crippen LogP contribution in [0.5, 0.6) is 0 Å². The minimum atomic E-state index is -4.60. The third-order valence-electron chi connectivity index (χ3n) is 6.74. The molecule has 3 aromatic rings. The summed E-state index contributed by atoms with van der Waals surface area (Å²) in [5.41, 5.74) is 3.05. The number of nitrogens with one attached hydrogen (secondary N) is 1. The lowest BCUT2D eigenvalue weighted by Crippen LogP contribution is -2.52. The van der Waals surface area contributed by atoms with Crippen molar-refractivity contribution in [1.82, 2.24) is 30.0 Å². The van der Waals surface area contributed by atoms with Crippen molar-refractivity contribution in [3.05, 3.63) is 41.6 Å². The number of fused-ring (bicyclic) bond motifs is 1. The van der Waals surface area contributed by atoms with Crippen molar-refractivity contribution < 1.29 is 27.6 Å². The predicted molar refractivity (Wildman–Crippen MR) is 146 cm³/mol. The first-order chi connectivity index (χ1) is 18.1. The molecule has 0 aliphatic carbocycles. The van der Waals surface area contributed by atoms with Crippen LogP contribution in [0.15, 0.2) is 24.5 Å². The molecule has 4 rings (SSSR count). The van der Waals surface area contributed by atoms with Crippen LogP contribution < -0.4 is 5.32 Å². The number of nitrogens with zero attached hydrogens (tertiary/aromatic N) is 5. The predicted octanol–water partition coefficient (Wildman–Crippen LogP) is 4.17. The summed E-state index contributed by atoms with van der Waals surface area (Å²) in [7, 11) is 0. The van der Waals surface area contributed by atoms with Gasteiger partial charge in [0.05, 0.1) is 5.52 Å². The van der Waals surface area contributed by atoms with Crippen LogP contribution >= 0.6 is 22.6 Å². The first-order valence-electron chi connectivity index (χ1n) is 12.2. The number of rotatable bonds is 6. The number of hydrogen-bond acceptors (Lipinski definition) is 6. The van der Waals surface area contributed by atoms with Crippen LogP contribution in [0.1, 0.15) is 49.1 Å². The highest BCUT2D eigenvalue weighted by Gasteiger charge is 2.47. The molecule has 39 heavy (non-hydrogen) atoms. The molecule has 1 saturated heterocycles. The van der Waals surface area contributed by atoms with Gasteiger partial charge in [-0.2, -0.15) is 18.3 Å². The smallest absolute Gasteiger partial charge is 0.343 e. The van der Waals surface area contributed by atoms with Crippen molar-refractivity contribution in [2.75, 3.05) is 6.54 Å². The maximum Gasteiger partial charge on any atom is 0.408 e. The summed E-state index contributed by atoms with van der Waals surface area (Å²) in [6.07, 6.45) is -1.03. The Kier molecular flexibility index (Phi) is 7.76. The summed E-state index contributed by atoms with van der Waals surface area (Å²) in [6.45, 7) is 7.59. The minimum absolute atomic E-state index is 0.181. The average molecular weight is 656 g/mol. The molecule has 208 valence electrons. The van der Waals surface area contributed by atoms with E-state index in [9.17, 15) is 27.6 Å². The van der Waals surface area contributed by atoms with E-state index in [0.717, 1.165) is 23.6 Å². The van der Waals surface area contributed by atoms with Crippen LogP contribution in [-0.2, 0) is 16.1 Å². The van der Waals surface area contributed by atoms with Crippen LogP contribution in [0, 0.1) is 13.8 Å². The van der Waals surface area contributed by atoms with Gasteiger partial charge in [0, 0.05) is 40.2 Å². The van der Waals surface area contributed by atoms with E-state index >= 15 is 0 Å². The number of alkyl halides is 4. The molecule has 13 heteroatoms. The topological polar surface area (TPSA) is 110 Å². The lowest BCUT2D eigenvalue weighted by Gasteiger charge is -2.26. The standard InChI is InChI=1S/C26H28F3IN6O3/c1-13-6-17(18-9-31-16(4)32-10-18)7-19-22(14(2)37)34-36(23(13)19)11-21(38)35-12-25(5,30)8-20(35)24(39)33-15(3)26(27,28)29/h6-7,9-10,15,20H,8,11-12H2,1-5H3,(H,33,39)/t15-,20-,25+/m0/s1. The van der Waals surface area contributed by atoms with Crippen molar-refractivity contribution in [2.45, 2.75) is 69.3 Å². The summed E-state index contributed by atoms with van der Waals surface area (Å²) in [5, 5.41) is 6.98. The molecule has 1 aliphatic rings. The van der Waals surface area contributed by atoms with Crippen molar-refractivity contribution in [2.24, 2.45) is 0 Å². The summed E-state index contributed by atoms with van der Waals surface area (Å²) in [5.74, 6) is -1.01. The van der Waals surface area contributed by atoms with E-state index < -0.39 is 33.5 Å². The Bertz CT molecular complexity index is 1450. The summed E-state index contributed by atoms with van der Waals surface area (Å²) in [4.78, 5) is 48.6. The van der Waals surface area contributed by atoms with Gasteiger partial charge in [-0.05, 0) is 57.4 Å². The van der Waals surface area contributed by atoms with E-state index in [0.29, 0.717) is 16.7 Å². The Balaban J connectivity index is 1.67. The largest absolute Gasteiger partial charge is 0.408 e. The fourth-order valence-corrected chi connectivity index (χ4v) is 5.54. The van der Waals surface area contributed by atoms with Gasteiger partial charge in [-0.1, -0.05) is 22.6 Å². The number of aryl methyl sites for hydroxylation is 2. The van der Waals surface area contributed by atoms with Gasteiger partial charge in [0.2, 0.25) is 11.8 Å². The number of aromatic nitrogens is 4. The zero-order chi connectivity index (χ0) is 28.9. The molecule has 3 atom stereocenters. The molecular formula is C26H28F3IN6O3. The maximum absolute atomic E-state index is 13.5. The molecule has 0 unspecified atom stereocenters. The highest BCUT2D eigenvalue weighted by molar-refractivity contribution is 14.1. The second-order valence-corrected chi connectivity index (χ2v) is 12.8. The molecule has 1 aromatic carbocycles. The summed E-state index contributed by atoms with van der Waals surface area (Å²) in [6, 6.07) is 0.572. The summed E-state index contributed by atoms with van der Waals surface area (Å²) < 4.78 is 40.1. The van der Waals surface area contributed by atoms with Gasteiger partial charge in [-0.15, -0.1) is 0 Å². The van der Waals surface area contributed by atoms with Crippen LogP contribution in [0.3, 0.4) is 0 Å². The Morgan fingerprint density at radius 2 is 1.82 bits per heavy atom. The normalized spacial score (nSPS) is 20.3. The van der Waals surface area contributed by atoms with E-state index in [-0.39, 0.29) is 31.0 Å².